The van der Waals surface area contributed by atoms with Gasteiger partial charge in [0.2, 0.25) is 0 Å². The number of halogens is 1. The minimum Gasteiger partial charge on any atom is -0.472 e. The third kappa shape index (κ3) is 1.60. The third-order valence-corrected chi connectivity index (χ3v) is 1.68. The molecule has 1 aliphatic rings. The molecule has 58 valence electrons. The van der Waals surface area contributed by atoms with Crippen molar-refractivity contribution in [1.82, 2.24) is 9.97 Å². The summed E-state index contributed by atoms with van der Waals surface area (Å²) in [7, 11) is 0. The van der Waals surface area contributed by atoms with Crippen LogP contribution in [0.3, 0.4) is 0 Å². The molecule has 11 heavy (non-hydrogen) atoms. The van der Waals surface area contributed by atoms with Gasteiger partial charge in [0.25, 0.3) is 5.88 Å². The number of ether oxygens (including phenoxy) is 1. The van der Waals surface area contributed by atoms with Crippen LogP contribution >= 0.6 is 11.6 Å². The quantitative estimate of drug-likeness (QED) is 0.677. The highest BCUT2D eigenvalue weighted by Gasteiger charge is 2.25. The average Bonchev–Trinajstić information content (AvgIpc) is 2.78. The summed E-state index contributed by atoms with van der Waals surface area (Å²) in [6.45, 7) is 0. The van der Waals surface area contributed by atoms with Crippen molar-refractivity contribution in [2.24, 2.45) is 0 Å². The Morgan fingerprint density at radius 3 is 2.73 bits per heavy atom. The van der Waals surface area contributed by atoms with Crippen LogP contribution in [0.25, 0.3) is 0 Å². The van der Waals surface area contributed by atoms with Gasteiger partial charge in [0, 0.05) is 12.4 Å². The lowest BCUT2D eigenvalue weighted by Crippen LogP contribution is -1.99. The fourth-order valence-corrected chi connectivity index (χ4v) is 0.881. The van der Waals surface area contributed by atoms with Crippen LogP contribution in [0, 0.1) is 0 Å². The molecule has 0 aromatic carbocycles. The Labute approximate surface area is 69.4 Å². The lowest BCUT2D eigenvalue weighted by Gasteiger charge is -2.01. The van der Waals surface area contributed by atoms with Gasteiger partial charge in [-0.2, -0.15) is 0 Å². The zero-order valence-electron chi connectivity index (χ0n) is 5.83. The molecule has 0 atom stereocenters. The highest BCUT2D eigenvalue weighted by molar-refractivity contribution is 6.30. The van der Waals surface area contributed by atoms with E-state index in [9.17, 15) is 0 Å². The molecule has 0 unspecified atom stereocenters. The van der Waals surface area contributed by atoms with Crippen LogP contribution in [0.5, 0.6) is 5.88 Å². The molecule has 0 spiro atoms. The van der Waals surface area contributed by atoms with E-state index in [0.717, 1.165) is 12.8 Å². The van der Waals surface area contributed by atoms with Gasteiger partial charge < -0.3 is 4.74 Å². The first-order valence-electron chi connectivity index (χ1n) is 3.49. The van der Waals surface area contributed by atoms with E-state index in [1.54, 1.807) is 12.4 Å². The molecule has 1 aromatic heterocycles. The van der Waals surface area contributed by atoms with Crippen LogP contribution in [-0.2, 0) is 0 Å². The predicted molar refractivity (Wildman–Crippen MR) is 40.7 cm³/mol. The van der Waals surface area contributed by atoms with Crippen molar-refractivity contribution >= 4 is 11.6 Å². The van der Waals surface area contributed by atoms with Gasteiger partial charge >= 0.3 is 0 Å². The van der Waals surface area contributed by atoms with Gasteiger partial charge in [0.15, 0.2) is 5.15 Å². The Kier molecular flexibility index (Phi) is 1.66. The van der Waals surface area contributed by atoms with Crippen LogP contribution in [0.2, 0.25) is 5.15 Å². The molecule has 0 radical (unpaired) electrons. The molecule has 1 aromatic rings. The molecule has 1 aliphatic carbocycles. The lowest BCUT2D eigenvalue weighted by molar-refractivity contribution is 0.290. The van der Waals surface area contributed by atoms with E-state index >= 15 is 0 Å². The molecule has 0 saturated heterocycles. The molecule has 3 nitrogen and oxygen atoms in total. The van der Waals surface area contributed by atoms with Crippen molar-refractivity contribution in [2.75, 3.05) is 0 Å². The lowest BCUT2D eigenvalue weighted by atomic mass is 10.7. The van der Waals surface area contributed by atoms with Crippen molar-refractivity contribution in [1.29, 1.82) is 0 Å². The molecule has 2 rings (SSSR count). The second-order valence-electron chi connectivity index (χ2n) is 2.47. The summed E-state index contributed by atoms with van der Waals surface area (Å²) in [6, 6.07) is 0. The van der Waals surface area contributed by atoms with E-state index in [0.29, 0.717) is 17.1 Å². The van der Waals surface area contributed by atoms with Gasteiger partial charge in [-0.05, 0) is 12.8 Å². The fourth-order valence-electron chi connectivity index (χ4n) is 0.731. The Morgan fingerprint density at radius 1 is 1.36 bits per heavy atom. The van der Waals surface area contributed by atoms with Crippen LogP contribution in [-0.4, -0.2) is 16.1 Å². The van der Waals surface area contributed by atoms with Gasteiger partial charge in [0.05, 0.1) is 0 Å². The molecule has 0 amide bonds. The molecule has 4 heteroatoms. The van der Waals surface area contributed by atoms with Crippen molar-refractivity contribution in [2.45, 2.75) is 18.9 Å². The summed E-state index contributed by atoms with van der Waals surface area (Å²) < 4.78 is 5.35. The zero-order valence-corrected chi connectivity index (χ0v) is 6.58. The first-order chi connectivity index (χ1) is 5.36. The number of nitrogens with zero attached hydrogens (tertiary/aromatic N) is 2. The van der Waals surface area contributed by atoms with Crippen molar-refractivity contribution in [3.8, 4) is 5.88 Å². The van der Waals surface area contributed by atoms with Gasteiger partial charge in [-0.3, -0.25) is 0 Å². The van der Waals surface area contributed by atoms with Crippen LogP contribution in [0.1, 0.15) is 12.8 Å². The normalized spacial score (nSPS) is 16.5. The Bertz CT molecular complexity index is 262. The summed E-state index contributed by atoms with van der Waals surface area (Å²) in [5.41, 5.74) is 0. The van der Waals surface area contributed by atoms with Crippen LogP contribution in [0.15, 0.2) is 12.4 Å². The number of hydrogen-bond donors (Lipinski definition) is 0. The van der Waals surface area contributed by atoms with Crippen LogP contribution < -0.4 is 4.74 Å². The van der Waals surface area contributed by atoms with E-state index in [4.69, 9.17) is 16.3 Å². The highest BCUT2D eigenvalue weighted by Crippen LogP contribution is 2.28. The van der Waals surface area contributed by atoms with Crippen molar-refractivity contribution in [3.05, 3.63) is 17.5 Å². The molecule has 0 N–H and O–H groups in total. The van der Waals surface area contributed by atoms with E-state index < -0.39 is 0 Å². The molecule has 1 fully saturated rings. The summed E-state index contributed by atoms with van der Waals surface area (Å²) >= 11 is 5.70. The van der Waals surface area contributed by atoms with E-state index in [1.807, 2.05) is 0 Å². The maximum absolute atomic E-state index is 5.70. The number of aromatic nitrogens is 2. The molecule has 0 aliphatic heterocycles. The van der Waals surface area contributed by atoms with Crippen molar-refractivity contribution in [3.63, 3.8) is 0 Å². The maximum atomic E-state index is 5.70. The van der Waals surface area contributed by atoms with Gasteiger partial charge in [-0.1, -0.05) is 11.6 Å². The summed E-state index contributed by atoms with van der Waals surface area (Å²) in [6.07, 6.45) is 5.65. The first-order valence-corrected chi connectivity index (χ1v) is 3.87. The van der Waals surface area contributed by atoms with E-state index in [-0.39, 0.29) is 0 Å². The predicted octanol–water partition coefficient (Wildman–Crippen LogP) is 1.67. The summed E-state index contributed by atoms with van der Waals surface area (Å²) in [5.74, 6) is 0.455. The number of hydrogen-bond acceptors (Lipinski definition) is 3. The Balaban J connectivity index is 2.15. The summed E-state index contributed by atoms with van der Waals surface area (Å²) in [4.78, 5) is 7.78. The van der Waals surface area contributed by atoms with Gasteiger partial charge in [-0.15, -0.1) is 0 Å². The largest absolute Gasteiger partial charge is 0.472 e. The highest BCUT2D eigenvalue weighted by atomic mass is 35.5. The average molecular weight is 171 g/mol. The van der Waals surface area contributed by atoms with E-state index in [1.165, 1.54) is 0 Å². The molecule has 1 heterocycles. The maximum Gasteiger partial charge on any atom is 0.252 e. The number of rotatable bonds is 2. The second kappa shape index (κ2) is 2.66. The van der Waals surface area contributed by atoms with E-state index in [2.05, 4.69) is 9.97 Å². The fraction of sp³-hybridized carbons (Fsp3) is 0.429. The van der Waals surface area contributed by atoms with Crippen LogP contribution in [0.4, 0.5) is 0 Å². The monoisotopic (exact) mass is 170 g/mol. The molecule has 0 bridgehead atoms. The minimum atomic E-state index is 0.323. The minimum absolute atomic E-state index is 0.323. The third-order valence-electron chi connectivity index (χ3n) is 1.43. The smallest absolute Gasteiger partial charge is 0.252 e. The Morgan fingerprint density at radius 2 is 2.09 bits per heavy atom. The van der Waals surface area contributed by atoms with Gasteiger partial charge in [-0.25, -0.2) is 9.97 Å². The summed E-state index contributed by atoms with van der Waals surface area (Å²) in [5, 5.41) is 0.347. The second-order valence-corrected chi connectivity index (χ2v) is 2.83. The molecule has 1 saturated carbocycles. The first kappa shape index (κ1) is 6.85. The van der Waals surface area contributed by atoms with Crippen molar-refractivity contribution < 1.29 is 4.74 Å². The Hall–Kier alpha value is -0.830. The topological polar surface area (TPSA) is 35.0 Å². The SMILES string of the molecule is Clc1nccnc1OC1CC1. The molecular weight excluding hydrogens is 164 g/mol. The zero-order chi connectivity index (χ0) is 7.68. The van der Waals surface area contributed by atoms with Gasteiger partial charge in [0.1, 0.15) is 6.10 Å². The molecular formula is C7H7ClN2O. The standard InChI is InChI=1S/C7H7ClN2O/c8-6-7(10-4-3-9-6)11-5-1-2-5/h3-5H,1-2H2.